The first kappa shape index (κ1) is 6.80. The van der Waals surface area contributed by atoms with Gasteiger partial charge in [0.25, 0.3) is 0 Å². The van der Waals surface area contributed by atoms with Gasteiger partial charge in [0.05, 0.1) is 5.51 Å². The lowest BCUT2D eigenvalue weighted by molar-refractivity contribution is 0.424. The summed E-state index contributed by atoms with van der Waals surface area (Å²) in [5.41, 5.74) is 1.91. The second-order valence-corrected chi connectivity index (χ2v) is 4.27. The zero-order valence-electron chi connectivity index (χ0n) is 5.51. The minimum atomic E-state index is 0.821. The highest BCUT2D eigenvalue weighted by atomic mass is 79.9. The summed E-state index contributed by atoms with van der Waals surface area (Å²) >= 11 is 5.22. The molecule has 54 valence electrons. The van der Waals surface area contributed by atoms with Crippen LogP contribution in [0.15, 0.2) is 10.1 Å². The van der Waals surface area contributed by atoms with Gasteiger partial charge >= 0.3 is 0 Å². The van der Waals surface area contributed by atoms with E-state index in [1.807, 2.05) is 5.51 Å². The summed E-state index contributed by atoms with van der Waals surface area (Å²) in [7, 11) is 0. The van der Waals surface area contributed by atoms with Crippen LogP contribution in [0.5, 0.6) is 0 Å². The van der Waals surface area contributed by atoms with Crippen molar-refractivity contribution in [2.75, 3.05) is 0 Å². The number of rotatable bonds is 1. The number of thiazole rings is 1. The number of halogens is 1. The van der Waals surface area contributed by atoms with Gasteiger partial charge in [-0.25, -0.2) is 4.98 Å². The van der Waals surface area contributed by atoms with E-state index in [4.69, 9.17) is 0 Å². The van der Waals surface area contributed by atoms with Crippen LogP contribution < -0.4 is 0 Å². The van der Waals surface area contributed by atoms with E-state index in [0.717, 1.165) is 10.5 Å². The summed E-state index contributed by atoms with van der Waals surface area (Å²) in [6.45, 7) is 0. The Hall–Kier alpha value is 0.110. The summed E-state index contributed by atoms with van der Waals surface area (Å²) < 4.78 is 1.07. The molecule has 0 amide bonds. The van der Waals surface area contributed by atoms with Gasteiger partial charge in [-0.3, -0.25) is 0 Å². The maximum atomic E-state index is 4.15. The summed E-state index contributed by atoms with van der Waals surface area (Å²) in [5, 5.41) is 0. The molecule has 0 saturated heterocycles. The zero-order valence-corrected chi connectivity index (χ0v) is 7.91. The third-order valence-electron chi connectivity index (χ3n) is 2.03. The molecule has 1 fully saturated rings. The molecule has 1 aliphatic carbocycles. The van der Waals surface area contributed by atoms with Crippen molar-refractivity contribution in [2.45, 2.75) is 25.2 Å². The van der Waals surface area contributed by atoms with Crippen LogP contribution in [0.2, 0.25) is 0 Å². The normalized spacial score (nSPS) is 18.9. The summed E-state index contributed by atoms with van der Waals surface area (Å²) in [4.78, 5) is 5.60. The van der Waals surface area contributed by atoms with E-state index < -0.39 is 0 Å². The zero-order chi connectivity index (χ0) is 6.97. The van der Waals surface area contributed by atoms with Crippen molar-refractivity contribution < 1.29 is 0 Å². The molecule has 0 bridgehead atoms. The van der Waals surface area contributed by atoms with Crippen LogP contribution in [0.3, 0.4) is 0 Å². The maximum Gasteiger partial charge on any atom is 0.120 e. The second kappa shape index (κ2) is 2.62. The molecule has 1 saturated carbocycles. The molecule has 1 aromatic heterocycles. The molecule has 1 nitrogen and oxygen atoms in total. The second-order valence-electron chi connectivity index (χ2n) is 2.64. The molecule has 10 heavy (non-hydrogen) atoms. The van der Waals surface area contributed by atoms with Crippen molar-refractivity contribution in [3.8, 4) is 0 Å². The van der Waals surface area contributed by atoms with Gasteiger partial charge in [0.2, 0.25) is 0 Å². The Morgan fingerprint density at radius 2 is 2.40 bits per heavy atom. The number of nitrogens with zero attached hydrogens (tertiary/aromatic N) is 1. The average Bonchev–Trinajstić information content (AvgIpc) is 2.12. The fraction of sp³-hybridized carbons (Fsp3) is 0.571. The van der Waals surface area contributed by atoms with Crippen molar-refractivity contribution in [1.29, 1.82) is 0 Å². The first-order chi connectivity index (χ1) is 4.88. The standard InChI is InChI=1S/C7H8BrNS/c8-7-6(10-4-9-7)5-2-1-3-5/h4-5H,1-3H2. The molecule has 0 atom stereocenters. The SMILES string of the molecule is Brc1ncsc1C1CCC1. The van der Waals surface area contributed by atoms with Crippen LogP contribution in [0.25, 0.3) is 0 Å². The summed E-state index contributed by atoms with van der Waals surface area (Å²) in [6, 6.07) is 0. The summed E-state index contributed by atoms with van der Waals surface area (Å²) in [5.74, 6) is 0.821. The lowest BCUT2D eigenvalue weighted by Crippen LogP contribution is -2.07. The lowest BCUT2D eigenvalue weighted by Gasteiger charge is -2.23. The molecule has 0 spiro atoms. The Morgan fingerprint density at radius 3 is 2.80 bits per heavy atom. The Bertz CT molecular complexity index is 229. The molecule has 1 heterocycles. The average molecular weight is 218 g/mol. The number of hydrogen-bond donors (Lipinski definition) is 0. The van der Waals surface area contributed by atoms with E-state index in [-0.39, 0.29) is 0 Å². The molecule has 0 aromatic carbocycles. The van der Waals surface area contributed by atoms with Gasteiger partial charge in [-0.15, -0.1) is 11.3 Å². The highest BCUT2D eigenvalue weighted by Crippen LogP contribution is 2.41. The van der Waals surface area contributed by atoms with Gasteiger partial charge in [0.1, 0.15) is 4.60 Å². The lowest BCUT2D eigenvalue weighted by atomic mass is 9.85. The molecule has 0 radical (unpaired) electrons. The van der Waals surface area contributed by atoms with Crippen molar-refractivity contribution in [3.05, 3.63) is 15.0 Å². The van der Waals surface area contributed by atoms with E-state index >= 15 is 0 Å². The fourth-order valence-electron chi connectivity index (χ4n) is 1.18. The van der Waals surface area contributed by atoms with Gasteiger partial charge in [-0.2, -0.15) is 0 Å². The van der Waals surface area contributed by atoms with Crippen molar-refractivity contribution in [2.24, 2.45) is 0 Å². The molecule has 0 N–H and O–H groups in total. The maximum absolute atomic E-state index is 4.15. The topological polar surface area (TPSA) is 12.9 Å². The highest BCUT2D eigenvalue weighted by Gasteiger charge is 2.22. The van der Waals surface area contributed by atoms with Crippen molar-refractivity contribution >= 4 is 27.3 Å². The van der Waals surface area contributed by atoms with Crippen LogP contribution in [0.4, 0.5) is 0 Å². The number of hydrogen-bond acceptors (Lipinski definition) is 2. The fourth-order valence-corrected chi connectivity index (χ4v) is 2.87. The Balaban J connectivity index is 2.23. The first-order valence-electron chi connectivity index (χ1n) is 3.47. The third kappa shape index (κ3) is 1.01. The number of aromatic nitrogens is 1. The van der Waals surface area contributed by atoms with Crippen LogP contribution in [0.1, 0.15) is 30.1 Å². The van der Waals surface area contributed by atoms with E-state index in [2.05, 4.69) is 20.9 Å². The quantitative estimate of drug-likeness (QED) is 0.705. The minimum Gasteiger partial charge on any atom is -0.237 e. The predicted molar refractivity (Wildman–Crippen MR) is 46.4 cm³/mol. The van der Waals surface area contributed by atoms with E-state index in [1.54, 1.807) is 11.3 Å². The van der Waals surface area contributed by atoms with E-state index in [1.165, 1.54) is 24.1 Å². The van der Waals surface area contributed by atoms with Crippen molar-refractivity contribution in [3.63, 3.8) is 0 Å². The van der Waals surface area contributed by atoms with Gasteiger partial charge in [0.15, 0.2) is 0 Å². The van der Waals surface area contributed by atoms with Gasteiger partial charge in [0, 0.05) is 4.88 Å². The molecule has 0 unspecified atom stereocenters. The monoisotopic (exact) mass is 217 g/mol. The van der Waals surface area contributed by atoms with E-state index in [0.29, 0.717) is 0 Å². The first-order valence-corrected chi connectivity index (χ1v) is 5.14. The van der Waals surface area contributed by atoms with Crippen LogP contribution >= 0.6 is 27.3 Å². The molecule has 0 aliphatic heterocycles. The minimum absolute atomic E-state index is 0.821. The third-order valence-corrected chi connectivity index (χ3v) is 3.91. The molecule has 2 rings (SSSR count). The molecule has 1 aromatic rings. The van der Waals surface area contributed by atoms with Crippen LogP contribution in [-0.4, -0.2) is 4.98 Å². The molecule has 3 heteroatoms. The smallest absolute Gasteiger partial charge is 0.120 e. The molecular weight excluding hydrogens is 210 g/mol. The molecular formula is C7H8BrNS. The Kier molecular flexibility index (Phi) is 1.78. The summed E-state index contributed by atoms with van der Waals surface area (Å²) in [6.07, 6.45) is 4.12. The van der Waals surface area contributed by atoms with Gasteiger partial charge in [-0.05, 0) is 34.7 Å². The van der Waals surface area contributed by atoms with Crippen LogP contribution in [-0.2, 0) is 0 Å². The van der Waals surface area contributed by atoms with E-state index in [9.17, 15) is 0 Å². The van der Waals surface area contributed by atoms with Gasteiger partial charge in [-0.1, -0.05) is 6.42 Å². The van der Waals surface area contributed by atoms with Gasteiger partial charge < -0.3 is 0 Å². The predicted octanol–water partition coefficient (Wildman–Crippen LogP) is 3.17. The Labute approximate surface area is 72.6 Å². The highest BCUT2D eigenvalue weighted by molar-refractivity contribution is 9.10. The Morgan fingerprint density at radius 1 is 1.60 bits per heavy atom. The van der Waals surface area contributed by atoms with Crippen LogP contribution in [0, 0.1) is 0 Å². The molecule has 1 aliphatic rings. The van der Waals surface area contributed by atoms with Crippen molar-refractivity contribution in [1.82, 2.24) is 4.98 Å². The largest absolute Gasteiger partial charge is 0.237 e.